The lowest BCUT2D eigenvalue weighted by molar-refractivity contribution is 0.00540. The Morgan fingerprint density at radius 1 is 0.968 bits per heavy atom. The molecule has 0 bridgehead atoms. The van der Waals surface area contributed by atoms with E-state index in [1.807, 2.05) is 25.4 Å². The van der Waals surface area contributed by atoms with E-state index >= 15 is 0 Å². The Hall–Kier alpha value is -2.64. The predicted molar refractivity (Wildman–Crippen MR) is 122 cm³/mol. The number of aryl methyl sites for hydroxylation is 1. The zero-order valence-electron chi connectivity index (χ0n) is 18.1. The van der Waals surface area contributed by atoms with Gasteiger partial charge >= 0.3 is 0 Å². The minimum atomic E-state index is 0.691. The van der Waals surface area contributed by atoms with Crippen LogP contribution < -0.4 is 5.32 Å². The highest BCUT2D eigenvalue weighted by Crippen LogP contribution is 2.30. The highest BCUT2D eigenvalue weighted by atomic mass is 16.5. The molecule has 162 valence electrons. The summed E-state index contributed by atoms with van der Waals surface area (Å²) in [5.74, 6) is 2.38. The van der Waals surface area contributed by atoms with Crippen molar-refractivity contribution in [3.8, 4) is 11.1 Å². The predicted octanol–water partition coefficient (Wildman–Crippen LogP) is 3.70. The first kappa shape index (κ1) is 20.3. The molecular weight excluding hydrogens is 388 g/mol. The lowest BCUT2D eigenvalue weighted by Crippen LogP contribution is -2.45. The molecule has 31 heavy (non-hydrogen) atoms. The summed E-state index contributed by atoms with van der Waals surface area (Å²) in [6.45, 7) is 6.82. The minimum absolute atomic E-state index is 0.691. The molecule has 3 aromatic rings. The van der Waals surface area contributed by atoms with E-state index in [1.54, 1.807) is 6.33 Å². The monoisotopic (exact) mass is 418 g/mol. The summed E-state index contributed by atoms with van der Waals surface area (Å²) < 4.78 is 5.51. The van der Waals surface area contributed by atoms with Gasteiger partial charge in [0.05, 0.1) is 18.7 Å². The van der Waals surface area contributed by atoms with Gasteiger partial charge in [0.25, 0.3) is 0 Å². The van der Waals surface area contributed by atoms with Crippen LogP contribution in [0.1, 0.15) is 31.5 Å². The largest absolute Gasteiger partial charge is 0.379 e. The van der Waals surface area contributed by atoms with Crippen LogP contribution in [0.15, 0.2) is 36.9 Å². The van der Waals surface area contributed by atoms with Crippen molar-refractivity contribution in [1.29, 1.82) is 0 Å². The molecule has 5 rings (SSSR count). The molecule has 0 amide bonds. The molecule has 7 nitrogen and oxygen atoms in total. The quantitative estimate of drug-likeness (QED) is 0.677. The van der Waals surface area contributed by atoms with E-state index in [-0.39, 0.29) is 0 Å². The SMILES string of the molecule is Cc1ncc(-c2ccc3ncnc(NCC4CCC(N5CCOCC5)CC4)c3c2)cn1. The number of aromatic nitrogens is 4. The van der Waals surface area contributed by atoms with Gasteiger partial charge in [-0.05, 0) is 56.2 Å². The fourth-order valence-electron chi connectivity index (χ4n) is 4.82. The van der Waals surface area contributed by atoms with Crippen LogP contribution in [0.25, 0.3) is 22.0 Å². The van der Waals surface area contributed by atoms with Gasteiger partial charge in [0.15, 0.2) is 0 Å². The first-order chi connectivity index (χ1) is 15.3. The number of morpholine rings is 1. The average Bonchev–Trinajstić information content (AvgIpc) is 2.84. The molecule has 1 aliphatic carbocycles. The molecule has 1 saturated heterocycles. The van der Waals surface area contributed by atoms with Crippen LogP contribution >= 0.6 is 0 Å². The molecule has 1 N–H and O–H groups in total. The Morgan fingerprint density at radius 2 is 1.74 bits per heavy atom. The third-order valence-electron chi connectivity index (χ3n) is 6.69. The second kappa shape index (κ2) is 9.24. The van der Waals surface area contributed by atoms with Crippen molar-refractivity contribution in [3.05, 3.63) is 42.7 Å². The van der Waals surface area contributed by atoms with Crippen LogP contribution in [0.2, 0.25) is 0 Å². The zero-order valence-corrected chi connectivity index (χ0v) is 18.1. The number of hydrogen-bond acceptors (Lipinski definition) is 7. The highest BCUT2D eigenvalue weighted by molar-refractivity contribution is 5.92. The topological polar surface area (TPSA) is 76.1 Å². The van der Waals surface area contributed by atoms with Gasteiger partial charge in [0.2, 0.25) is 0 Å². The Kier molecular flexibility index (Phi) is 6.04. The zero-order chi connectivity index (χ0) is 21.0. The molecule has 0 unspecified atom stereocenters. The maximum absolute atomic E-state index is 5.51. The van der Waals surface area contributed by atoms with Crippen LogP contribution in [0.4, 0.5) is 5.82 Å². The van der Waals surface area contributed by atoms with Gasteiger partial charge in [-0.15, -0.1) is 0 Å². The second-order valence-electron chi connectivity index (χ2n) is 8.68. The van der Waals surface area contributed by atoms with Gasteiger partial charge < -0.3 is 10.1 Å². The van der Waals surface area contributed by atoms with Crippen molar-refractivity contribution < 1.29 is 4.74 Å². The maximum Gasteiger partial charge on any atom is 0.137 e. The Balaban J connectivity index is 1.25. The number of benzene rings is 1. The summed E-state index contributed by atoms with van der Waals surface area (Å²) in [6.07, 6.45) is 10.5. The van der Waals surface area contributed by atoms with E-state index in [2.05, 4.69) is 42.3 Å². The van der Waals surface area contributed by atoms with Crippen LogP contribution in [0, 0.1) is 12.8 Å². The standard InChI is InChI=1S/C24H30N6O/c1-17-25-14-20(15-26-17)19-4-7-23-22(12-19)24(29-16-28-23)27-13-18-2-5-21(6-3-18)30-8-10-31-11-9-30/h4,7,12,14-16,18,21H,2-3,5-6,8-11,13H2,1H3,(H,27,28,29). The molecule has 3 heterocycles. The Bertz CT molecular complexity index is 1010. The molecule has 2 fully saturated rings. The number of hydrogen-bond donors (Lipinski definition) is 1. The third-order valence-corrected chi connectivity index (χ3v) is 6.69. The van der Waals surface area contributed by atoms with Gasteiger partial charge in [0.1, 0.15) is 18.0 Å². The Morgan fingerprint density at radius 3 is 2.52 bits per heavy atom. The van der Waals surface area contributed by atoms with E-state index in [9.17, 15) is 0 Å². The van der Waals surface area contributed by atoms with E-state index < -0.39 is 0 Å². The van der Waals surface area contributed by atoms with Crippen molar-refractivity contribution in [2.24, 2.45) is 5.92 Å². The summed E-state index contributed by atoms with van der Waals surface area (Å²) >= 11 is 0. The van der Waals surface area contributed by atoms with E-state index in [0.717, 1.165) is 72.6 Å². The minimum Gasteiger partial charge on any atom is -0.379 e. The number of ether oxygens (including phenoxy) is 1. The van der Waals surface area contributed by atoms with E-state index in [1.165, 1.54) is 25.7 Å². The molecule has 1 aliphatic heterocycles. The normalized spacial score (nSPS) is 22.5. The van der Waals surface area contributed by atoms with Gasteiger partial charge in [-0.3, -0.25) is 4.90 Å². The van der Waals surface area contributed by atoms with Gasteiger partial charge in [-0.1, -0.05) is 6.07 Å². The Labute approximate surface area is 183 Å². The van der Waals surface area contributed by atoms with Gasteiger partial charge in [-0.2, -0.15) is 0 Å². The fraction of sp³-hybridized carbons (Fsp3) is 0.500. The van der Waals surface area contributed by atoms with Crippen LogP contribution in [0.5, 0.6) is 0 Å². The first-order valence-corrected chi connectivity index (χ1v) is 11.4. The van der Waals surface area contributed by atoms with Crippen LogP contribution in [0.3, 0.4) is 0 Å². The maximum atomic E-state index is 5.51. The number of anilines is 1. The first-order valence-electron chi connectivity index (χ1n) is 11.4. The molecule has 1 aromatic carbocycles. The number of fused-ring (bicyclic) bond motifs is 1. The third kappa shape index (κ3) is 4.67. The van der Waals surface area contributed by atoms with E-state index in [4.69, 9.17) is 4.74 Å². The molecule has 0 radical (unpaired) electrons. The summed E-state index contributed by atoms with van der Waals surface area (Å²) in [5, 5.41) is 4.67. The number of nitrogens with zero attached hydrogens (tertiary/aromatic N) is 5. The number of rotatable bonds is 5. The molecule has 7 heteroatoms. The van der Waals surface area contributed by atoms with E-state index in [0.29, 0.717) is 5.92 Å². The summed E-state index contributed by atoms with van der Waals surface area (Å²) in [4.78, 5) is 20.3. The van der Waals surface area contributed by atoms with Gasteiger partial charge in [-0.25, -0.2) is 19.9 Å². The highest BCUT2D eigenvalue weighted by Gasteiger charge is 2.26. The number of nitrogens with one attached hydrogen (secondary N) is 1. The van der Waals surface area contributed by atoms with Crippen molar-refractivity contribution in [1.82, 2.24) is 24.8 Å². The van der Waals surface area contributed by atoms with Crippen molar-refractivity contribution in [2.45, 2.75) is 38.6 Å². The van der Waals surface area contributed by atoms with Crippen molar-refractivity contribution in [2.75, 3.05) is 38.2 Å². The average molecular weight is 419 g/mol. The molecule has 0 spiro atoms. The molecule has 1 saturated carbocycles. The van der Waals surface area contributed by atoms with Gasteiger partial charge in [0, 0.05) is 49.0 Å². The summed E-state index contributed by atoms with van der Waals surface area (Å²) in [7, 11) is 0. The van der Waals surface area contributed by atoms with Crippen LogP contribution in [-0.2, 0) is 4.74 Å². The molecular formula is C24H30N6O. The lowest BCUT2D eigenvalue weighted by Gasteiger charge is -2.38. The molecule has 2 aliphatic rings. The second-order valence-corrected chi connectivity index (χ2v) is 8.68. The smallest absolute Gasteiger partial charge is 0.137 e. The molecule has 2 aromatic heterocycles. The van der Waals surface area contributed by atoms with Crippen molar-refractivity contribution in [3.63, 3.8) is 0 Å². The van der Waals surface area contributed by atoms with Crippen molar-refractivity contribution >= 4 is 16.7 Å². The van der Waals surface area contributed by atoms with Crippen LogP contribution in [-0.4, -0.2) is 63.7 Å². The lowest BCUT2D eigenvalue weighted by atomic mass is 9.85. The summed E-state index contributed by atoms with van der Waals surface area (Å²) in [5.41, 5.74) is 3.03. The molecule has 0 atom stereocenters. The summed E-state index contributed by atoms with van der Waals surface area (Å²) in [6, 6.07) is 6.99. The fourth-order valence-corrected chi connectivity index (χ4v) is 4.82.